The van der Waals surface area contributed by atoms with Crippen molar-refractivity contribution in [3.8, 4) is 5.75 Å². The van der Waals surface area contributed by atoms with Gasteiger partial charge >= 0.3 is 0 Å². The lowest BCUT2D eigenvalue weighted by Crippen LogP contribution is -2.40. The molecule has 2 N–H and O–H groups in total. The molecule has 6 nitrogen and oxygen atoms in total. The van der Waals surface area contributed by atoms with Crippen molar-refractivity contribution in [2.45, 2.75) is 25.9 Å². The molecule has 148 valence electrons. The van der Waals surface area contributed by atoms with Gasteiger partial charge in [-0.05, 0) is 42.7 Å². The maximum absolute atomic E-state index is 12.5. The first-order valence-electron chi connectivity index (χ1n) is 9.58. The molecule has 0 radical (unpaired) electrons. The Bertz CT molecular complexity index is 820. The van der Waals surface area contributed by atoms with Crippen LogP contribution in [0.3, 0.4) is 0 Å². The minimum atomic E-state index is -0.621. The number of ether oxygens (including phenoxy) is 2. The fourth-order valence-electron chi connectivity index (χ4n) is 3.34. The van der Waals surface area contributed by atoms with Gasteiger partial charge in [0.2, 0.25) is 5.91 Å². The van der Waals surface area contributed by atoms with Gasteiger partial charge in [0.15, 0.2) is 0 Å². The van der Waals surface area contributed by atoms with E-state index in [1.165, 1.54) is 0 Å². The Kier molecular flexibility index (Phi) is 6.66. The van der Waals surface area contributed by atoms with Crippen LogP contribution >= 0.6 is 0 Å². The van der Waals surface area contributed by atoms with Crippen molar-refractivity contribution in [2.24, 2.45) is 5.73 Å². The van der Waals surface area contributed by atoms with Crippen LogP contribution in [-0.2, 0) is 22.4 Å². The third kappa shape index (κ3) is 4.89. The van der Waals surface area contributed by atoms with Gasteiger partial charge in [-0.2, -0.15) is 0 Å². The molecule has 0 bridgehead atoms. The fraction of sp³-hybridized carbons (Fsp3) is 0.364. The van der Waals surface area contributed by atoms with Crippen LogP contribution in [-0.4, -0.2) is 49.1 Å². The topological polar surface area (TPSA) is 81.9 Å². The van der Waals surface area contributed by atoms with Gasteiger partial charge in [0.1, 0.15) is 18.5 Å². The van der Waals surface area contributed by atoms with Gasteiger partial charge in [-0.25, -0.2) is 0 Å². The predicted octanol–water partition coefficient (Wildman–Crippen LogP) is 2.20. The van der Waals surface area contributed by atoms with Crippen molar-refractivity contribution in [1.82, 2.24) is 4.90 Å². The summed E-state index contributed by atoms with van der Waals surface area (Å²) in [4.78, 5) is 25.8. The summed E-state index contributed by atoms with van der Waals surface area (Å²) in [5.41, 5.74) is 8.21. The average molecular weight is 382 g/mol. The standard InChI is InChI=1S/C22H26N2O4/c1-2-27-20(21(23)25)15-16-7-9-18(10-8-16)28-14-13-24-12-11-17-5-3-4-6-19(17)22(24)26/h3-10,20H,2,11-15H2,1H3,(H2,23,25). The highest BCUT2D eigenvalue weighted by molar-refractivity contribution is 5.96. The Morgan fingerprint density at radius 3 is 2.64 bits per heavy atom. The number of benzene rings is 2. The molecule has 1 unspecified atom stereocenters. The second-order valence-corrected chi connectivity index (χ2v) is 6.74. The largest absolute Gasteiger partial charge is 0.492 e. The van der Waals surface area contributed by atoms with E-state index >= 15 is 0 Å². The third-order valence-corrected chi connectivity index (χ3v) is 4.85. The molecule has 1 aliphatic rings. The van der Waals surface area contributed by atoms with E-state index in [1.54, 1.807) is 0 Å². The summed E-state index contributed by atoms with van der Waals surface area (Å²) in [6.07, 6.45) is 0.688. The van der Waals surface area contributed by atoms with E-state index in [0.29, 0.717) is 32.7 Å². The molecule has 0 aliphatic carbocycles. The van der Waals surface area contributed by atoms with Gasteiger partial charge in [0.25, 0.3) is 5.91 Å². The smallest absolute Gasteiger partial charge is 0.254 e. The van der Waals surface area contributed by atoms with Gasteiger partial charge in [-0.3, -0.25) is 9.59 Å². The number of nitrogens with zero attached hydrogens (tertiary/aromatic N) is 1. The SMILES string of the molecule is CCOC(Cc1ccc(OCCN2CCc3ccccc3C2=O)cc1)C(N)=O. The molecule has 2 aromatic rings. The van der Waals surface area contributed by atoms with Gasteiger partial charge in [0, 0.05) is 25.1 Å². The number of carbonyl (C=O) groups excluding carboxylic acids is 2. The molecule has 1 atom stereocenters. The van der Waals surface area contributed by atoms with Crippen molar-refractivity contribution < 1.29 is 19.1 Å². The van der Waals surface area contributed by atoms with Crippen molar-refractivity contribution in [2.75, 3.05) is 26.3 Å². The lowest BCUT2D eigenvalue weighted by molar-refractivity contribution is -0.129. The molecule has 28 heavy (non-hydrogen) atoms. The molecule has 2 aromatic carbocycles. The van der Waals surface area contributed by atoms with Crippen LogP contribution in [0.5, 0.6) is 5.75 Å². The lowest BCUT2D eigenvalue weighted by Gasteiger charge is -2.28. The molecule has 3 rings (SSSR count). The first kappa shape index (κ1) is 19.9. The minimum Gasteiger partial charge on any atom is -0.492 e. The molecular formula is C22H26N2O4. The van der Waals surface area contributed by atoms with Crippen LogP contribution in [0.15, 0.2) is 48.5 Å². The Balaban J connectivity index is 1.49. The van der Waals surface area contributed by atoms with Gasteiger partial charge in [-0.15, -0.1) is 0 Å². The van der Waals surface area contributed by atoms with Crippen molar-refractivity contribution >= 4 is 11.8 Å². The van der Waals surface area contributed by atoms with Crippen LogP contribution < -0.4 is 10.5 Å². The van der Waals surface area contributed by atoms with Crippen LogP contribution in [0.25, 0.3) is 0 Å². The number of amides is 2. The lowest BCUT2D eigenvalue weighted by atomic mass is 9.99. The van der Waals surface area contributed by atoms with Crippen LogP contribution in [0, 0.1) is 0 Å². The quantitative estimate of drug-likeness (QED) is 0.721. The maximum atomic E-state index is 12.5. The highest BCUT2D eigenvalue weighted by atomic mass is 16.5. The third-order valence-electron chi connectivity index (χ3n) is 4.85. The van der Waals surface area contributed by atoms with E-state index in [4.69, 9.17) is 15.2 Å². The summed E-state index contributed by atoms with van der Waals surface area (Å²) in [6, 6.07) is 15.3. The van der Waals surface area contributed by atoms with E-state index in [2.05, 4.69) is 0 Å². The van der Waals surface area contributed by atoms with Gasteiger partial charge in [0.05, 0.1) is 6.54 Å². The van der Waals surface area contributed by atoms with Crippen molar-refractivity contribution in [3.63, 3.8) is 0 Å². The zero-order valence-corrected chi connectivity index (χ0v) is 16.1. The summed E-state index contributed by atoms with van der Waals surface area (Å²) in [7, 11) is 0. The molecule has 0 saturated carbocycles. The Morgan fingerprint density at radius 1 is 1.18 bits per heavy atom. The average Bonchev–Trinajstić information content (AvgIpc) is 2.70. The van der Waals surface area contributed by atoms with Crippen LogP contribution in [0.1, 0.15) is 28.4 Å². The minimum absolute atomic E-state index is 0.0641. The molecule has 1 aliphatic heterocycles. The van der Waals surface area contributed by atoms with Crippen LogP contribution in [0.2, 0.25) is 0 Å². The monoisotopic (exact) mass is 382 g/mol. The summed E-state index contributed by atoms with van der Waals surface area (Å²) in [5.74, 6) is 0.324. The van der Waals surface area contributed by atoms with Crippen molar-refractivity contribution in [1.29, 1.82) is 0 Å². The second-order valence-electron chi connectivity index (χ2n) is 6.74. The number of rotatable bonds is 9. The number of hydrogen-bond donors (Lipinski definition) is 1. The highest BCUT2D eigenvalue weighted by Crippen LogP contribution is 2.19. The molecule has 6 heteroatoms. The Hall–Kier alpha value is -2.86. The maximum Gasteiger partial charge on any atom is 0.254 e. The number of fused-ring (bicyclic) bond motifs is 1. The molecule has 0 spiro atoms. The van der Waals surface area contributed by atoms with Crippen LogP contribution in [0.4, 0.5) is 0 Å². The first-order valence-corrected chi connectivity index (χ1v) is 9.58. The fourth-order valence-corrected chi connectivity index (χ4v) is 3.34. The molecule has 0 fully saturated rings. The summed E-state index contributed by atoms with van der Waals surface area (Å²) in [6.45, 7) is 3.95. The van der Waals surface area contributed by atoms with Crippen molar-refractivity contribution in [3.05, 3.63) is 65.2 Å². The zero-order chi connectivity index (χ0) is 19.9. The summed E-state index contributed by atoms with van der Waals surface area (Å²) < 4.78 is 11.1. The first-order chi connectivity index (χ1) is 13.6. The van der Waals surface area contributed by atoms with E-state index < -0.39 is 12.0 Å². The predicted molar refractivity (Wildman–Crippen MR) is 106 cm³/mol. The van der Waals surface area contributed by atoms with Gasteiger partial charge in [-0.1, -0.05) is 30.3 Å². The van der Waals surface area contributed by atoms with E-state index in [-0.39, 0.29) is 5.91 Å². The number of nitrogens with two attached hydrogens (primary N) is 1. The Morgan fingerprint density at radius 2 is 1.93 bits per heavy atom. The number of primary amides is 1. The molecule has 1 heterocycles. The molecule has 2 amide bonds. The molecular weight excluding hydrogens is 356 g/mol. The van der Waals surface area contributed by atoms with E-state index in [1.807, 2.05) is 60.4 Å². The zero-order valence-electron chi connectivity index (χ0n) is 16.1. The van der Waals surface area contributed by atoms with E-state index in [0.717, 1.165) is 28.9 Å². The summed E-state index contributed by atoms with van der Waals surface area (Å²) >= 11 is 0. The summed E-state index contributed by atoms with van der Waals surface area (Å²) in [5, 5.41) is 0. The van der Waals surface area contributed by atoms with E-state index in [9.17, 15) is 9.59 Å². The normalized spacial score (nSPS) is 14.5. The number of carbonyl (C=O) groups is 2. The molecule has 0 saturated heterocycles. The number of hydrogen-bond acceptors (Lipinski definition) is 4. The molecule has 0 aromatic heterocycles. The highest BCUT2D eigenvalue weighted by Gasteiger charge is 2.23. The second kappa shape index (κ2) is 9.37. The van der Waals surface area contributed by atoms with Gasteiger partial charge < -0.3 is 20.1 Å². The Labute approximate surface area is 165 Å².